The minimum Gasteiger partial charge on any atom is -0.352 e. The predicted octanol–water partition coefficient (Wildman–Crippen LogP) is 3.97. The average molecular weight is 498 g/mol. The molecule has 1 amide bonds. The normalized spacial score (nSPS) is 14.2. The molecule has 0 aliphatic carbocycles. The zero-order valence-corrected chi connectivity index (χ0v) is 19.3. The van der Waals surface area contributed by atoms with E-state index in [1.807, 2.05) is 6.07 Å². The summed E-state index contributed by atoms with van der Waals surface area (Å²) in [6.07, 6.45) is -3.78. The second kappa shape index (κ2) is 9.97. The molecule has 3 rings (SSSR count). The molecule has 0 radical (unpaired) electrons. The number of nitrogens with zero attached hydrogens (tertiary/aromatic N) is 5. The Morgan fingerprint density at radius 2 is 1.91 bits per heavy atom. The summed E-state index contributed by atoms with van der Waals surface area (Å²) in [6.45, 7) is 4.49. The second-order valence-corrected chi connectivity index (χ2v) is 8.70. The highest BCUT2D eigenvalue weighted by molar-refractivity contribution is 8.00. The fourth-order valence-electron chi connectivity index (χ4n) is 3.34. The molecule has 1 aliphatic heterocycles. The van der Waals surface area contributed by atoms with E-state index in [0.29, 0.717) is 42.5 Å². The molecule has 174 valence electrons. The zero-order chi connectivity index (χ0) is 24.3. The van der Waals surface area contributed by atoms with Gasteiger partial charge in [0.15, 0.2) is 5.78 Å². The van der Waals surface area contributed by atoms with Crippen LogP contribution >= 0.6 is 23.4 Å². The fraction of sp³-hybridized carbons (Fsp3) is 0.381. The van der Waals surface area contributed by atoms with E-state index in [1.165, 1.54) is 13.0 Å². The van der Waals surface area contributed by atoms with Gasteiger partial charge in [-0.3, -0.25) is 9.59 Å². The smallest absolute Gasteiger partial charge is 0.352 e. The lowest BCUT2D eigenvalue weighted by molar-refractivity contribution is -0.137. The van der Waals surface area contributed by atoms with E-state index in [1.54, 1.807) is 16.7 Å². The number of hydrogen-bond acceptors (Lipinski definition) is 7. The Morgan fingerprint density at radius 3 is 2.45 bits per heavy atom. The van der Waals surface area contributed by atoms with Gasteiger partial charge in [0.1, 0.15) is 16.9 Å². The van der Waals surface area contributed by atoms with Crippen LogP contribution in [0.4, 0.5) is 19.0 Å². The summed E-state index contributed by atoms with van der Waals surface area (Å²) in [5, 5.41) is 9.64. The molecular formula is C21H19ClF3N5O2S. The first-order chi connectivity index (χ1) is 15.5. The topological polar surface area (TPSA) is 90.2 Å². The summed E-state index contributed by atoms with van der Waals surface area (Å²) >= 11 is 7.14. The molecule has 7 nitrogen and oxygen atoms in total. The van der Waals surface area contributed by atoms with Crippen molar-refractivity contribution in [2.24, 2.45) is 0 Å². The second-order valence-electron chi connectivity index (χ2n) is 7.33. The van der Waals surface area contributed by atoms with Gasteiger partial charge in [-0.2, -0.15) is 18.4 Å². The summed E-state index contributed by atoms with van der Waals surface area (Å²) in [4.78, 5) is 35.8. The highest BCUT2D eigenvalue weighted by Gasteiger charge is 2.32. The van der Waals surface area contributed by atoms with Crippen LogP contribution in [0.25, 0.3) is 0 Å². The maximum Gasteiger partial charge on any atom is 0.417 e. The van der Waals surface area contributed by atoms with Crippen molar-refractivity contribution in [1.82, 2.24) is 14.9 Å². The lowest BCUT2D eigenvalue weighted by atomic mass is 10.1. The Bertz CT molecular complexity index is 1130. The molecule has 1 aliphatic rings. The van der Waals surface area contributed by atoms with Crippen LogP contribution in [0.1, 0.15) is 34.1 Å². The molecule has 1 saturated heterocycles. The third kappa shape index (κ3) is 5.75. The molecule has 0 saturated carbocycles. The van der Waals surface area contributed by atoms with Gasteiger partial charge in [0, 0.05) is 43.6 Å². The monoisotopic (exact) mass is 497 g/mol. The number of rotatable bonds is 5. The molecule has 0 N–H and O–H groups in total. The number of hydrogen-bond donors (Lipinski definition) is 0. The molecule has 0 aromatic carbocycles. The van der Waals surface area contributed by atoms with Crippen molar-refractivity contribution in [3.63, 3.8) is 0 Å². The Morgan fingerprint density at radius 1 is 1.24 bits per heavy atom. The van der Waals surface area contributed by atoms with Crippen molar-refractivity contribution < 1.29 is 22.8 Å². The van der Waals surface area contributed by atoms with Crippen LogP contribution < -0.4 is 4.90 Å². The number of Topliss-reactive ketones (excluding diaryl/α,β-unsaturated/α-hetero) is 1. The van der Waals surface area contributed by atoms with E-state index < -0.39 is 11.7 Å². The number of halogens is 4. The number of nitriles is 1. The number of alkyl halides is 3. The van der Waals surface area contributed by atoms with Gasteiger partial charge in [-0.15, -0.1) is 0 Å². The lowest BCUT2D eigenvalue weighted by Gasteiger charge is -2.35. The number of aromatic nitrogens is 2. The molecule has 1 fully saturated rings. The maximum atomic E-state index is 12.8. The van der Waals surface area contributed by atoms with Crippen molar-refractivity contribution in [3.05, 3.63) is 45.7 Å². The van der Waals surface area contributed by atoms with Crippen molar-refractivity contribution in [2.45, 2.75) is 25.0 Å². The largest absolute Gasteiger partial charge is 0.417 e. The molecule has 0 atom stereocenters. The highest BCUT2D eigenvalue weighted by atomic mass is 35.5. The van der Waals surface area contributed by atoms with Crippen LogP contribution in [0.5, 0.6) is 0 Å². The number of ketones is 1. The van der Waals surface area contributed by atoms with Crippen LogP contribution in [-0.2, 0) is 11.0 Å². The van der Waals surface area contributed by atoms with Gasteiger partial charge >= 0.3 is 6.18 Å². The number of thioether (sulfide) groups is 1. The number of carbonyl (C=O) groups excluding carboxylic acids is 2. The maximum absolute atomic E-state index is 12.8. The summed E-state index contributed by atoms with van der Waals surface area (Å²) in [5.41, 5.74) is 0.176. The predicted molar refractivity (Wildman–Crippen MR) is 117 cm³/mol. The van der Waals surface area contributed by atoms with Gasteiger partial charge in [0.05, 0.1) is 21.9 Å². The molecule has 0 spiro atoms. The molecule has 0 unspecified atom stereocenters. The number of carbonyl (C=O) groups is 2. The van der Waals surface area contributed by atoms with Crippen molar-refractivity contribution in [2.75, 3.05) is 36.8 Å². The molecule has 2 aromatic heterocycles. The molecule has 3 heterocycles. The minimum atomic E-state index is -4.52. The molecule has 0 bridgehead atoms. The summed E-state index contributed by atoms with van der Waals surface area (Å²) in [5.74, 6) is -0.0513. The van der Waals surface area contributed by atoms with Crippen LogP contribution in [0.2, 0.25) is 5.02 Å². The number of amides is 1. The average Bonchev–Trinajstić information content (AvgIpc) is 2.76. The van der Waals surface area contributed by atoms with E-state index in [-0.39, 0.29) is 33.8 Å². The SMILES string of the molecule is CC(=O)c1cc(C#N)c(SCC(=O)N2CCN(c3ncc(C(F)(F)F)cc3Cl)CC2)nc1C. The van der Waals surface area contributed by atoms with E-state index in [0.717, 1.165) is 24.0 Å². The minimum absolute atomic E-state index is 0.0554. The van der Waals surface area contributed by atoms with Crippen LogP contribution in [-0.4, -0.2) is 58.5 Å². The summed E-state index contributed by atoms with van der Waals surface area (Å²) in [6, 6.07) is 4.33. The summed E-state index contributed by atoms with van der Waals surface area (Å²) in [7, 11) is 0. The highest BCUT2D eigenvalue weighted by Crippen LogP contribution is 2.33. The molecule has 2 aromatic rings. The quantitative estimate of drug-likeness (QED) is 0.456. The van der Waals surface area contributed by atoms with Gasteiger partial charge in [0.25, 0.3) is 0 Å². The van der Waals surface area contributed by atoms with E-state index in [4.69, 9.17) is 11.6 Å². The third-order valence-corrected chi connectivity index (χ3v) is 6.35. The number of anilines is 1. The Kier molecular flexibility index (Phi) is 7.49. The van der Waals surface area contributed by atoms with Crippen LogP contribution in [0.15, 0.2) is 23.4 Å². The van der Waals surface area contributed by atoms with Gasteiger partial charge in [-0.1, -0.05) is 23.4 Å². The van der Waals surface area contributed by atoms with E-state index >= 15 is 0 Å². The first kappa shape index (κ1) is 24.8. The van der Waals surface area contributed by atoms with Crippen molar-refractivity contribution in [3.8, 4) is 6.07 Å². The van der Waals surface area contributed by atoms with Gasteiger partial charge in [-0.25, -0.2) is 9.97 Å². The molecular weight excluding hydrogens is 479 g/mol. The molecule has 33 heavy (non-hydrogen) atoms. The number of piperazine rings is 1. The standard InChI is InChI=1S/C21H19ClF3N5O2S/c1-12-16(13(2)31)7-14(9-26)20(28-12)33-11-18(32)29-3-5-30(6-4-29)19-17(22)8-15(10-27-19)21(23,24)25/h7-8,10H,3-6,11H2,1-2H3. The lowest BCUT2D eigenvalue weighted by Crippen LogP contribution is -2.49. The van der Waals surface area contributed by atoms with Crippen molar-refractivity contribution >= 4 is 40.9 Å². The van der Waals surface area contributed by atoms with Gasteiger partial charge in [-0.05, 0) is 26.0 Å². The van der Waals surface area contributed by atoms with E-state index in [2.05, 4.69) is 9.97 Å². The van der Waals surface area contributed by atoms with Crippen LogP contribution in [0, 0.1) is 18.3 Å². The first-order valence-electron chi connectivity index (χ1n) is 9.82. The third-order valence-electron chi connectivity index (χ3n) is 5.09. The van der Waals surface area contributed by atoms with Gasteiger partial charge < -0.3 is 9.80 Å². The Hall–Kier alpha value is -2.84. The first-order valence-corrected chi connectivity index (χ1v) is 11.2. The van der Waals surface area contributed by atoms with E-state index in [9.17, 15) is 28.0 Å². The Balaban J connectivity index is 1.60. The molecule has 12 heteroatoms. The Labute approximate surface area is 197 Å². The van der Waals surface area contributed by atoms with Crippen molar-refractivity contribution in [1.29, 1.82) is 5.26 Å². The fourth-order valence-corrected chi connectivity index (χ4v) is 4.53. The summed E-state index contributed by atoms with van der Waals surface area (Å²) < 4.78 is 38.4. The van der Waals surface area contributed by atoms with Crippen LogP contribution in [0.3, 0.4) is 0 Å². The number of pyridine rings is 2. The number of aryl methyl sites for hydroxylation is 1. The van der Waals surface area contributed by atoms with Gasteiger partial charge in [0.2, 0.25) is 5.91 Å². The zero-order valence-electron chi connectivity index (χ0n) is 17.7.